The second kappa shape index (κ2) is 19.7. The van der Waals surface area contributed by atoms with Crippen molar-refractivity contribution in [2.75, 3.05) is 0 Å². The van der Waals surface area contributed by atoms with Crippen molar-refractivity contribution in [3.63, 3.8) is 0 Å². The number of carbonyl (C=O) groups is 2. The molecule has 0 aromatic carbocycles. The van der Waals surface area contributed by atoms with E-state index in [0.29, 0.717) is 12.8 Å². The first-order valence-electron chi connectivity index (χ1n) is 11.5. The zero-order chi connectivity index (χ0) is 20.2. The van der Waals surface area contributed by atoms with Gasteiger partial charge in [-0.2, -0.15) is 0 Å². The molecule has 0 aliphatic carbocycles. The first kappa shape index (κ1) is 25.9. The fourth-order valence-corrected chi connectivity index (χ4v) is 3.37. The van der Waals surface area contributed by atoms with E-state index in [1.54, 1.807) is 0 Å². The number of aliphatic carboxylic acids is 1. The van der Waals surface area contributed by atoms with Crippen LogP contribution in [0.5, 0.6) is 0 Å². The summed E-state index contributed by atoms with van der Waals surface area (Å²) in [5.74, 6) is -1.12. The van der Waals surface area contributed by atoms with Gasteiger partial charge in [0.05, 0.1) is 6.42 Å². The van der Waals surface area contributed by atoms with Crippen LogP contribution in [-0.4, -0.2) is 23.1 Å². The second-order valence-corrected chi connectivity index (χ2v) is 7.84. The van der Waals surface area contributed by atoms with Crippen LogP contribution in [0.15, 0.2) is 0 Å². The number of carboxylic acid groups (broad SMARTS) is 1. The highest BCUT2D eigenvalue weighted by Gasteiger charge is 2.17. The topological polar surface area (TPSA) is 63.6 Å². The third-order valence-corrected chi connectivity index (χ3v) is 5.06. The predicted octanol–water partition coefficient (Wildman–Crippen LogP) is 7.04. The van der Waals surface area contributed by atoms with Gasteiger partial charge in [0.25, 0.3) is 0 Å². The second-order valence-electron chi connectivity index (χ2n) is 7.84. The number of hydrogen-bond acceptors (Lipinski definition) is 3. The van der Waals surface area contributed by atoms with Gasteiger partial charge in [-0.3, -0.25) is 9.59 Å². The summed E-state index contributed by atoms with van der Waals surface area (Å²) >= 11 is 0. The van der Waals surface area contributed by atoms with E-state index in [1.807, 2.05) is 0 Å². The Morgan fingerprint density at radius 2 is 1.15 bits per heavy atom. The van der Waals surface area contributed by atoms with Crippen molar-refractivity contribution in [1.82, 2.24) is 0 Å². The van der Waals surface area contributed by atoms with Crippen LogP contribution in [0.3, 0.4) is 0 Å². The lowest BCUT2D eigenvalue weighted by Gasteiger charge is -2.16. The molecule has 0 aliphatic rings. The van der Waals surface area contributed by atoms with Crippen LogP contribution in [0.25, 0.3) is 0 Å². The normalized spacial score (nSPS) is 12.1. The minimum Gasteiger partial charge on any atom is -0.481 e. The largest absolute Gasteiger partial charge is 0.481 e. The van der Waals surface area contributed by atoms with Gasteiger partial charge in [-0.15, -0.1) is 0 Å². The van der Waals surface area contributed by atoms with Crippen LogP contribution in [0, 0.1) is 0 Å². The van der Waals surface area contributed by atoms with Gasteiger partial charge < -0.3 is 9.84 Å². The van der Waals surface area contributed by atoms with Crippen LogP contribution in [0.2, 0.25) is 0 Å². The Hall–Kier alpha value is -1.06. The Morgan fingerprint density at radius 1 is 0.704 bits per heavy atom. The van der Waals surface area contributed by atoms with Gasteiger partial charge in [0.15, 0.2) is 0 Å². The Kier molecular flexibility index (Phi) is 18.9. The molecule has 0 radical (unpaired) electrons. The molecule has 0 saturated heterocycles. The van der Waals surface area contributed by atoms with Crippen LogP contribution < -0.4 is 0 Å². The van der Waals surface area contributed by atoms with E-state index < -0.39 is 12.1 Å². The van der Waals surface area contributed by atoms with Gasteiger partial charge in [0.1, 0.15) is 6.10 Å². The monoisotopic (exact) mass is 384 g/mol. The van der Waals surface area contributed by atoms with E-state index in [1.165, 1.54) is 57.8 Å². The van der Waals surface area contributed by atoms with E-state index in [4.69, 9.17) is 9.84 Å². The average Bonchev–Trinajstić information content (AvgIpc) is 2.62. The number of esters is 1. The highest BCUT2D eigenvalue weighted by Crippen LogP contribution is 2.16. The molecule has 0 aromatic heterocycles. The summed E-state index contributed by atoms with van der Waals surface area (Å²) in [5, 5.41) is 9.03. The zero-order valence-electron chi connectivity index (χ0n) is 18.0. The minimum atomic E-state index is -0.887. The maximum atomic E-state index is 11.9. The molecular formula is C23H44O4. The summed E-state index contributed by atoms with van der Waals surface area (Å²) in [4.78, 5) is 22.9. The fourth-order valence-electron chi connectivity index (χ4n) is 3.37. The van der Waals surface area contributed by atoms with Gasteiger partial charge >= 0.3 is 11.9 Å². The molecule has 0 bridgehead atoms. The zero-order valence-corrected chi connectivity index (χ0v) is 18.0. The molecule has 1 unspecified atom stereocenters. The number of rotatable bonds is 20. The van der Waals surface area contributed by atoms with Gasteiger partial charge in [-0.05, 0) is 19.3 Å². The van der Waals surface area contributed by atoms with Crippen molar-refractivity contribution in [2.24, 2.45) is 0 Å². The molecule has 27 heavy (non-hydrogen) atoms. The lowest BCUT2D eigenvalue weighted by atomic mass is 10.0. The third-order valence-electron chi connectivity index (χ3n) is 5.06. The molecule has 160 valence electrons. The molecule has 4 nitrogen and oxygen atoms in total. The molecule has 0 spiro atoms. The minimum absolute atomic E-state index is 0.0710. The summed E-state index contributed by atoms with van der Waals surface area (Å²) < 4.78 is 5.41. The van der Waals surface area contributed by atoms with E-state index >= 15 is 0 Å². The maximum Gasteiger partial charge on any atom is 0.307 e. The molecule has 0 saturated carbocycles. The van der Waals surface area contributed by atoms with Crippen molar-refractivity contribution in [1.29, 1.82) is 0 Å². The summed E-state index contributed by atoms with van der Waals surface area (Å²) in [6.45, 7) is 4.38. The lowest BCUT2D eigenvalue weighted by Crippen LogP contribution is -2.21. The third kappa shape index (κ3) is 19.5. The van der Waals surface area contributed by atoms with Gasteiger partial charge in [0, 0.05) is 6.42 Å². The molecule has 0 rings (SSSR count). The van der Waals surface area contributed by atoms with Crippen molar-refractivity contribution in [2.45, 2.75) is 136 Å². The first-order valence-corrected chi connectivity index (χ1v) is 11.5. The van der Waals surface area contributed by atoms with Crippen LogP contribution in [-0.2, 0) is 14.3 Å². The van der Waals surface area contributed by atoms with Gasteiger partial charge in [-0.1, -0.05) is 97.3 Å². The van der Waals surface area contributed by atoms with Crippen molar-refractivity contribution in [3.8, 4) is 0 Å². The Balaban J connectivity index is 3.73. The standard InChI is InChI=1S/C23H44O4/c1-3-5-7-9-10-11-12-13-14-15-16-18-21(20-22(24)25)27-23(26)19-17-8-6-4-2/h21H,3-20H2,1-2H3,(H,24,25). The Bertz CT molecular complexity index is 354. The van der Waals surface area contributed by atoms with E-state index in [9.17, 15) is 9.59 Å². The smallest absolute Gasteiger partial charge is 0.307 e. The van der Waals surface area contributed by atoms with E-state index in [2.05, 4.69) is 13.8 Å². The molecule has 1 atom stereocenters. The van der Waals surface area contributed by atoms with Crippen LogP contribution >= 0.6 is 0 Å². The number of carboxylic acids is 1. The maximum absolute atomic E-state index is 11.9. The number of unbranched alkanes of at least 4 members (excludes halogenated alkanes) is 13. The molecule has 0 heterocycles. The van der Waals surface area contributed by atoms with Crippen LogP contribution in [0.4, 0.5) is 0 Å². The van der Waals surface area contributed by atoms with Crippen molar-refractivity contribution >= 4 is 11.9 Å². The van der Waals surface area contributed by atoms with Crippen molar-refractivity contribution < 1.29 is 19.4 Å². The Morgan fingerprint density at radius 3 is 1.63 bits per heavy atom. The van der Waals surface area contributed by atoms with E-state index in [0.717, 1.165) is 38.5 Å². The SMILES string of the molecule is CCCCCCCCCCCCCC(CC(=O)O)OC(=O)CCCCCC. The molecule has 4 heteroatoms. The number of hydrogen-bond donors (Lipinski definition) is 1. The average molecular weight is 385 g/mol. The predicted molar refractivity (Wildman–Crippen MR) is 112 cm³/mol. The fraction of sp³-hybridized carbons (Fsp3) is 0.913. The summed E-state index contributed by atoms with van der Waals surface area (Å²) in [7, 11) is 0. The highest BCUT2D eigenvalue weighted by atomic mass is 16.5. The molecule has 0 aromatic rings. The molecule has 0 fully saturated rings. The first-order chi connectivity index (χ1) is 13.1. The molecule has 1 N–H and O–H groups in total. The highest BCUT2D eigenvalue weighted by molar-refractivity contribution is 5.71. The molecular weight excluding hydrogens is 340 g/mol. The summed E-state index contributed by atoms with van der Waals surface area (Å²) in [5.41, 5.74) is 0. The number of carbonyl (C=O) groups excluding carboxylic acids is 1. The van der Waals surface area contributed by atoms with E-state index in [-0.39, 0.29) is 12.4 Å². The molecule has 0 amide bonds. The quantitative estimate of drug-likeness (QED) is 0.180. The Labute approximate surface area is 167 Å². The summed E-state index contributed by atoms with van der Waals surface area (Å²) in [6, 6.07) is 0. The van der Waals surface area contributed by atoms with Crippen molar-refractivity contribution in [3.05, 3.63) is 0 Å². The molecule has 0 aliphatic heterocycles. The van der Waals surface area contributed by atoms with Gasteiger partial charge in [-0.25, -0.2) is 0 Å². The lowest BCUT2D eigenvalue weighted by molar-refractivity contribution is -0.153. The van der Waals surface area contributed by atoms with Gasteiger partial charge in [0.2, 0.25) is 0 Å². The van der Waals surface area contributed by atoms with Crippen LogP contribution in [0.1, 0.15) is 129 Å². The summed E-state index contributed by atoms with van der Waals surface area (Å²) in [6.07, 6.45) is 18.6. The number of ether oxygens (including phenoxy) is 1.